The average Bonchev–Trinajstić information content (AvgIpc) is 2.49. The lowest BCUT2D eigenvalue weighted by molar-refractivity contribution is 0.414. The zero-order valence-electron chi connectivity index (χ0n) is 11.4. The molecule has 0 aliphatic heterocycles. The first kappa shape index (κ1) is 15.2. The number of halogens is 4. The predicted octanol–water partition coefficient (Wildman–Crippen LogP) is 4.42. The Morgan fingerprint density at radius 3 is 1.95 bits per heavy atom. The van der Waals surface area contributed by atoms with E-state index < -0.39 is 35.0 Å². The molecule has 2 nitrogen and oxygen atoms in total. The van der Waals surface area contributed by atoms with Crippen molar-refractivity contribution in [3.8, 4) is 5.75 Å². The zero-order valence-corrected chi connectivity index (χ0v) is 11.4. The summed E-state index contributed by atoms with van der Waals surface area (Å²) in [6.45, 7) is 1.61. The first-order valence-corrected chi connectivity index (χ1v) is 6.17. The van der Waals surface area contributed by atoms with Gasteiger partial charge in [0.1, 0.15) is 11.4 Å². The van der Waals surface area contributed by atoms with Crippen LogP contribution in [0.4, 0.5) is 23.2 Å². The van der Waals surface area contributed by atoms with Gasteiger partial charge in [-0.15, -0.1) is 0 Å². The van der Waals surface area contributed by atoms with Crippen LogP contribution in [0.2, 0.25) is 0 Å². The smallest absolute Gasteiger partial charge is 0.185 e. The minimum absolute atomic E-state index is 0.174. The van der Waals surface area contributed by atoms with Crippen molar-refractivity contribution in [2.75, 3.05) is 12.4 Å². The molecule has 0 saturated carbocycles. The Balaban J connectivity index is 2.28. The van der Waals surface area contributed by atoms with E-state index in [9.17, 15) is 17.6 Å². The summed E-state index contributed by atoms with van der Waals surface area (Å²) in [6, 6.07) is 6.33. The van der Waals surface area contributed by atoms with Gasteiger partial charge in [0, 0.05) is 12.1 Å². The van der Waals surface area contributed by atoms with Gasteiger partial charge in [-0.25, -0.2) is 17.6 Å². The Bertz CT molecular complexity index is 617. The van der Waals surface area contributed by atoms with Crippen LogP contribution < -0.4 is 10.1 Å². The molecule has 0 aliphatic rings. The molecule has 1 atom stereocenters. The Morgan fingerprint density at radius 2 is 1.48 bits per heavy atom. The van der Waals surface area contributed by atoms with E-state index in [4.69, 9.17) is 4.74 Å². The fraction of sp³-hybridized carbons (Fsp3) is 0.200. The van der Waals surface area contributed by atoms with Crippen molar-refractivity contribution in [2.24, 2.45) is 0 Å². The second-order valence-corrected chi connectivity index (χ2v) is 4.48. The van der Waals surface area contributed by atoms with Crippen LogP contribution in [0.15, 0.2) is 30.3 Å². The molecule has 0 bridgehead atoms. The second-order valence-electron chi connectivity index (χ2n) is 4.48. The highest BCUT2D eigenvalue weighted by molar-refractivity contribution is 5.49. The van der Waals surface area contributed by atoms with Crippen LogP contribution in [-0.2, 0) is 0 Å². The Hall–Kier alpha value is -2.24. The molecular formula is C15H13F4NO. The number of nitrogens with one attached hydrogen (secondary N) is 1. The molecular weight excluding hydrogens is 286 g/mol. The molecule has 0 fully saturated rings. The predicted molar refractivity (Wildman–Crippen MR) is 71.3 cm³/mol. The lowest BCUT2D eigenvalue weighted by Crippen LogP contribution is -2.11. The molecule has 0 radical (unpaired) electrons. The second kappa shape index (κ2) is 6.03. The number of anilines is 1. The van der Waals surface area contributed by atoms with E-state index in [0.29, 0.717) is 11.3 Å². The van der Waals surface area contributed by atoms with Crippen molar-refractivity contribution in [3.05, 3.63) is 59.2 Å². The van der Waals surface area contributed by atoms with Crippen LogP contribution in [0.5, 0.6) is 5.75 Å². The van der Waals surface area contributed by atoms with Gasteiger partial charge in [-0.1, -0.05) is 12.1 Å². The van der Waals surface area contributed by atoms with E-state index in [0.717, 1.165) is 0 Å². The Labute approximate surface area is 119 Å². The van der Waals surface area contributed by atoms with Gasteiger partial charge < -0.3 is 10.1 Å². The summed E-state index contributed by atoms with van der Waals surface area (Å²) in [6.07, 6.45) is 0. The maximum atomic E-state index is 13.6. The minimum Gasteiger partial charge on any atom is -0.497 e. The molecule has 0 aliphatic carbocycles. The van der Waals surface area contributed by atoms with Crippen LogP contribution in [0, 0.1) is 23.3 Å². The summed E-state index contributed by atoms with van der Waals surface area (Å²) in [5.74, 6) is -5.17. The maximum absolute atomic E-state index is 13.6. The molecule has 6 heteroatoms. The molecule has 1 unspecified atom stereocenters. The van der Waals surface area contributed by atoms with Gasteiger partial charge in [0.25, 0.3) is 0 Å². The monoisotopic (exact) mass is 299 g/mol. The molecule has 0 amide bonds. The molecule has 21 heavy (non-hydrogen) atoms. The average molecular weight is 299 g/mol. The SMILES string of the molecule is COc1ccc(C(C)Nc2c(F)c(F)cc(F)c2F)cc1. The highest BCUT2D eigenvalue weighted by Crippen LogP contribution is 2.28. The maximum Gasteiger partial charge on any atom is 0.185 e. The van der Waals surface area contributed by atoms with Gasteiger partial charge in [0.15, 0.2) is 23.3 Å². The van der Waals surface area contributed by atoms with E-state index in [1.54, 1.807) is 31.2 Å². The van der Waals surface area contributed by atoms with Gasteiger partial charge in [-0.05, 0) is 24.6 Å². The van der Waals surface area contributed by atoms with Crippen molar-refractivity contribution >= 4 is 5.69 Å². The summed E-state index contributed by atoms with van der Waals surface area (Å²) in [5.41, 5.74) is -0.143. The van der Waals surface area contributed by atoms with Crippen LogP contribution in [-0.4, -0.2) is 7.11 Å². The number of ether oxygens (including phenoxy) is 1. The molecule has 1 N–H and O–H groups in total. The zero-order chi connectivity index (χ0) is 15.6. The summed E-state index contributed by atoms with van der Waals surface area (Å²) >= 11 is 0. The number of benzene rings is 2. The topological polar surface area (TPSA) is 21.3 Å². The van der Waals surface area contributed by atoms with Crippen molar-refractivity contribution in [1.29, 1.82) is 0 Å². The fourth-order valence-electron chi connectivity index (χ4n) is 1.89. The third-order valence-corrected chi connectivity index (χ3v) is 3.09. The third-order valence-electron chi connectivity index (χ3n) is 3.09. The molecule has 2 rings (SSSR count). The quantitative estimate of drug-likeness (QED) is 0.666. The Kier molecular flexibility index (Phi) is 4.35. The lowest BCUT2D eigenvalue weighted by atomic mass is 10.1. The van der Waals surface area contributed by atoms with E-state index in [-0.39, 0.29) is 6.07 Å². The van der Waals surface area contributed by atoms with Crippen molar-refractivity contribution < 1.29 is 22.3 Å². The van der Waals surface area contributed by atoms with Crippen LogP contribution in [0.25, 0.3) is 0 Å². The molecule has 112 valence electrons. The molecule has 0 aromatic heterocycles. The van der Waals surface area contributed by atoms with Gasteiger partial charge in [-0.2, -0.15) is 0 Å². The van der Waals surface area contributed by atoms with Crippen LogP contribution in [0.1, 0.15) is 18.5 Å². The summed E-state index contributed by atoms with van der Waals surface area (Å²) in [4.78, 5) is 0. The molecule has 2 aromatic rings. The van der Waals surface area contributed by atoms with Gasteiger partial charge >= 0.3 is 0 Å². The van der Waals surface area contributed by atoms with Gasteiger partial charge in [0.05, 0.1) is 7.11 Å². The normalized spacial score (nSPS) is 12.1. The van der Waals surface area contributed by atoms with E-state index in [1.165, 1.54) is 7.11 Å². The molecule has 0 saturated heterocycles. The van der Waals surface area contributed by atoms with Gasteiger partial charge in [0.2, 0.25) is 0 Å². The van der Waals surface area contributed by atoms with E-state index >= 15 is 0 Å². The first-order chi connectivity index (χ1) is 9.93. The summed E-state index contributed by atoms with van der Waals surface area (Å²) < 4.78 is 58.4. The number of hydrogen-bond acceptors (Lipinski definition) is 2. The summed E-state index contributed by atoms with van der Waals surface area (Å²) in [5, 5.41) is 2.44. The lowest BCUT2D eigenvalue weighted by Gasteiger charge is -2.17. The standard InChI is InChI=1S/C15H13F4NO/c1-8(9-3-5-10(21-2)6-4-9)20-15-13(18)11(16)7-12(17)14(15)19/h3-8,20H,1-2H3. The number of methoxy groups -OCH3 is 1. The highest BCUT2D eigenvalue weighted by atomic mass is 19.2. The highest BCUT2D eigenvalue weighted by Gasteiger charge is 2.20. The van der Waals surface area contributed by atoms with Crippen LogP contribution >= 0.6 is 0 Å². The van der Waals surface area contributed by atoms with Crippen molar-refractivity contribution in [3.63, 3.8) is 0 Å². The molecule has 0 heterocycles. The largest absolute Gasteiger partial charge is 0.497 e. The number of hydrogen-bond donors (Lipinski definition) is 1. The first-order valence-electron chi connectivity index (χ1n) is 6.17. The van der Waals surface area contributed by atoms with Gasteiger partial charge in [-0.3, -0.25) is 0 Å². The number of rotatable bonds is 4. The van der Waals surface area contributed by atoms with Crippen molar-refractivity contribution in [2.45, 2.75) is 13.0 Å². The van der Waals surface area contributed by atoms with Crippen LogP contribution in [0.3, 0.4) is 0 Å². The van der Waals surface area contributed by atoms with Crippen molar-refractivity contribution in [1.82, 2.24) is 0 Å². The minimum atomic E-state index is -1.45. The van der Waals surface area contributed by atoms with E-state index in [1.807, 2.05) is 0 Å². The third kappa shape index (κ3) is 3.09. The van der Waals surface area contributed by atoms with E-state index in [2.05, 4.69) is 5.32 Å². The Morgan fingerprint density at radius 1 is 0.952 bits per heavy atom. The fourth-order valence-corrected chi connectivity index (χ4v) is 1.89. The molecule has 0 spiro atoms. The summed E-state index contributed by atoms with van der Waals surface area (Å²) in [7, 11) is 1.51. The molecule has 2 aromatic carbocycles.